The number of aromatic nitrogens is 2. The molecule has 7 nitrogen and oxygen atoms in total. The zero-order chi connectivity index (χ0) is 23.6. The standard InChI is InChI=1S/C23H15F3N4O3/c24-23(25,26)15-7-5-14(6-8-15)21(32)29-22-18(16-3-1-2-4-17(16)20(27)31)19(30-33-22)13-9-11-28-12-10-13/h1-12H,(H2,27,31)(H,29,32). The van der Waals surface area contributed by atoms with Gasteiger partial charge in [0.1, 0.15) is 5.69 Å². The Labute approximate surface area is 185 Å². The summed E-state index contributed by atoms with van der Waals surface area (Å²) in [6, 6.07) is 13.5. The van der Waals surface area contributed by atoms with Gasteiger partial charge in [-0.1, -0.05) is 23.4 Å². The normalized spacial score (nSPS) is 11.2. The Hall–Kier alpha value is -4.47. The van der Waals surface area contributed by atoms with Crippen molar-refractivity contribution in [2.45, 2.75) is 6.18 Å². The van der Waals surface area contributed by atoms with Crippen LogP contribution in [0.1, 0.15) is 26.3 Å². The van der Waals surface area contributed by atoms with Crippen molar-refractivity contribution >= 4 is 17.7 Å². The lowest BCUT2D eigenvalue weighted by atomic mass is 9.96. The van der Waals surface area contributed by atoms with Crippen LogP contribution in [0.5, 0.6) is 0 Å². The van der Waals surface area contributed by atoms with Gasteiger partial charge < -0.3 is 10.3 Å². The van der Waals surface area contributed by atoms with Crippen LogP contribution in [0.3, 0.4) is 0 Å². The van der Waals surface area contributed by atoms with Crippen LogP contribution in [0, 0.1) is 0 Å². The number of rotatable bonds is 5. The number of hydrogen-bond acceptors (Lipinski definition) is 5. The van der Waals surface area contributed by atoms with Gasteiger partial charge in [-0.05, 0) is 42.5 Å². The maximum absolute atomic E-state index is 12.8. The number of halogens is 3. The highest BCUT2D eigenvalue weighted by molar-refractivity contribution is 6.08. The number of hydrogen-bond donors (Lipinski definition) is 2. The van der Waals surface area contributed by atoms with E-state index in [1.54, 1.807) is 30.3 Å². The molecule has 0 bridgehead atoms. The van der Waals surface area contributed by atoms with E-state index in [9.17, 15) is 22.8 Å². The van der Waals surface area contributed by atoms with Crippen molar-refractivity contribution in [3.63, 3.8) is 0 Å². The Morgan fingerprint density at radius 1 is 0.939 bits per heavy atom. The molecule has 0 aliphatic rings. The van der Waals surface area contributed by atoms with E-state index >= 15 is 0 Å². The van der Waals surface area contributed by atoms with Crippen LogP contribution in [-0.4, -0.2) is 22.0 Å². The highest BCUT2D eigenvalue weighted by Gasteiger charge is 2.30. The molecule has 0 radical (unpaired) electrons. The number of amides is 2. The molecule has 2 heterocycles. The van der Waals surface area contributed by atoms with E-state index in [4.69, 9.17) is 10.3 Å². The van der Waals surface area contributed by atoms with E-state index in [1.165, 1.54) is 18.5 Å². The lowest BCUT2D eigenvalue weighted by molar-refractivity contribution is -0.137. The first-order valence-corrected chi connectivity index (χ1v) is 9.53. The van der Waals surface area contributed by atoms with Crippen LogP contribution in [0.25, 0.3) is 22.4 Å². The largest absolute Gasteiger partial charge is 0.416 e. The van der Waals surface area contributed by atoms with Gasteiger partial charge in [0.05, 0.1) is 11.1 Å². The molecule has 0 saturated heterocycles. The summed E-state index contributed by atoms with van der Waals surface area (Å²) in [5.41, 5.74) is 6.34. The first-order chi connectivity index (χ1) is 15.8. The number of primary amides is 1. The van der Waals surface area contributed by atoms with Gasteiger partial charge in [-0.3, -0.25) is 19.9 Å². The summed E-state index contributed by atoms with van der Waals surface area (Å²) < 4.78 is 43.8. The molecule has 2 aromatic heterocycles. The Morgan fingerprint density at radius 2 is 1.61 bits per heavy atom. The number of benzene rings is 2. The van der Waals surface area contributed by atoms with Gasteiger partial charge in [-0.15, -0.1) is 0 Å². The SMILES string of the molecule is NC(=O)c1ccccc1-c1c(-c2ccncc2)noc1NC(=O)c1ccc(C(F)(F)F)cc1. The number of anilines is 1. The fourth-order valence-electron chi connectivity index (χ4n) is 3.23. The summed E-state index contributed by atoms with van der Waals surface area (Å²) in [5, 5.41) is 6.56. The molecule has 0 aliphatic heterocycles. The molecule has 2 amide bonds. The molecule has 10 heteroatoms. The molecular weight excluding hydrogens is 437 g/mol. The second kappa shape index (κ2) is 8.58. The minimum Gasteiger partial charge on any atom is -0.366 e. The summed E-state index contributed by atoms with van der Waals surface area (Å²) >= 11 is 0. The summed E-state index contributed by atoms with van der Waals surface area (Å²) in [5.74, 6) is -1.52. The second-order valence-corrected chi connectivity index (χ2v) is 6.91. The van der Waals surface area contributed by atoms with Gasteiger partial charge in [-0.25, -0.2) is 0 Å². The quantitative estimate of drug-likeness (QED) is 0.453. The molecular formula is C23H15F3N4O3. The van der Waals surface area contributed by atoms with Gasteiger partial charge >= 0.3 is 6.18 Å². The third kappa shape index (κ3) is 4.45. The number of nitrogens with two attached hydrogens (primary N) is 1. The van der Waals surface area contributed by atoms with Crippen molar-refractivity contribution in [3.8, 4) is 22.4 Å². The van der Waals surface area contributed by atoms with Crippen molar-refractivity contribution < 1.29 is 27.3 Å². The topological polar surface area (TPSA) is 111 Å². The summed E-state index contributed by atoms with van der Waals surface area (Å²) in [6.45, 7) is 0. The van der Waals surface area contributed by atoms with E-state index in [2.05, 4.69) is 15.5 Å². The molecule has 33 heavy (non-hydrogen) atoms. The first kappa shape index (κ1) is 21.8. The monoisotopic (exact) mass is 452 g/mol. The zero-order valence-corrected chi connectivity index (χ0v) is 16.8. The van der Waals surface area contributed by atoms with Crippen molar-refractivity contribution in [3.05, 3.63) is 89.7 Å². The van der Waals surface area contributed by atoms with Gasteiger partial charge in [0.15, 0.2) is 0 Å². The second-order valence-electron chi connectivity index (χ2n) is 6.91. The van der Waals surface area contributed by atoms with Gasteiger partial charge in [0.25, 0.3) is 5.91 Å². The predicted molar refractivity (Wildman–Crippen MR) is 113 cm³/mol. The average molecular weight is 452 g/mol. The van der Waals surface area contributed by atoms with Crippen LogP contribution in [0.4, 0.5) is 19.1 Å². The van der Waals surface area contributed by atoms with Crippen molar-refractivity contribution in [2.24, 2.45) is 5.73 Å². The minimum absolute atomic E-state index is 0.0287. The molecule has 0 aliphatic carbocycles. The fourth-order valence-corrected chi connectivity index (χ4v) is 3.23. The van der Waals surface area contributed by atoms with Gasteiger partial charge in [0.2, 0.25) is 11.8 Å². The van der Waals surface area contributed by atoms with Crippen molar-refractivity contribution in [1.82, 2.24) is 10.1 Å². The van der Waals surface area contributed by atoms with Crippen molar-refractivity contribution in [1.29, 1.82) is 0 Å². The molecule has 0 spiro atoms. The number of pyridine rings is 1. The van der Waals surface area contributed by atoms with E-state index in [1.807, 2.05) is 0 Å². The van der Waals surface area contributed by atoms with Crippen LogP contribution in [0.2, 0.25) is 0 Å². The number of nitrogens with one attached hydrogen (secondary N) is 1. The molecule has 4 rings (SSSR count). The zero-order valence-electron chi connectivity index (χ0n) is 16.8. The van der Waals surface area contributed by atoms with E-state index in [0.717, 1.165) is 24.3 Å². The number of nitrogens with zero attached hydrogens (tertiary/aromatic N) is 2. The molecule has 0 fully saturated rings. The van der Waals surface area contributed by atoms with Crippen LogP contribution >= 0.6 is 0 Å². The van der Waals surface area contributed by atoms with Crippen LogP contribution in [-0.2, 0) is 6.18 Å². The number of carbonyl (C=O) groups excluding carboxylic acids is 2. The Balaban J connectivity index is 1.78. The van der Waals surface area contributed by atoms with Gasteiger partial charge in [0, 0.05) is 34.6 Å². The molecule has 0 unspecified atom stereocenters. The van der Waals surface area contributed by atoms with Crippen LogP contribution < -0.4 is 11.1 Å². The first-order valence-electron chi connectivity index (χ1n) is 9.53. The summed E-state index contributed by atoms with van der Waals surface area (Å²) in [7, 11) is 0. The average Bonchev–Trinajstić information content (AvgIpc) is 3.22. The van der Waals surface area contributed by atoms with E-state index in [-0.39, 0.29) is 22.6 Å². The lowest BCUT2D eigenvalue weighted by Crippen LogP contribution is -2.14. The number of carbonyl (C=O) groups is 2. The van der Waals surface area contributed by atoms with E-state index < -0.39 is 23.6 Å². The van der Waals surface area contributed by atoms with Crippen LogP contribution in [0.15, 0.2) is 77.6 Å². The third-order valence-electron chi connectivity index (χ3n) is 4.81. The van der Waals surface area contributed by atoms with Gasteiger partial charge in [-0.2, -0.15) is 13.2 Å². The Morgan fingerprint density at radius 3 is 2.24 bits per heavy atom. The number of alkyl halides is 3. The molecule has 3 N–H and O–H groups in total. The Kier molecular flexibility index (Phi) is 5.65. The maximum Gasteiger partial charge on any atom is 0.416 e. The highest BCUT2D eigenvalue weighted by Crippen LogP contribution is 2.39. The third-order valence-corrected chi connectivity index (χ3v) is 4.81. The molecule has 166 valence electrons. The maximum atomic E-state index is 12.8. The Bertz CT molecular complexity index is 1320. The summed E-state index contributed by atoms with van der Waals surface area (Å²) in [6.07, 6.45) is -1.45. The predicted octanol–water partition coefficient (Wildman–Crippen LogP) is 4.77. The molecule has 0 atom stereocenters. The minimum atomic E-state index is -4.52. The van der Waals surface area contributed by atoms with Crippen molar-refractivity contribution in [2.75, 3.05) is 5.32 Å². The van der Waals surface area contributed by atoms with E-state index in [0.29, 0.717) is 16.8 Å². The molecule has 0 saturated carbocycles. The fraction of sp³-hybridized carbons (Fsp3) is 0.0435. The lowest BCUT2D eigenvalue weighted by Gasteiger charge is -2.10. The highest BCUT2D eigenvalue weighted by atomic mass is 19.4. The smallest absolute Gasteiger partial charge is 0.366 e. The molecule has 4 aromatic rings. The summed E-state index contributed by atoms with van der Waals surface area (Å²) in [4.78, 5) is 28.7. The molecule has 2 aromatic carbocycles.